The highest BCUT2D eigenvalue weighted by Crippen LogP contribution is 2.31. The van der Waals surface area contributed by atoms with E-state index in [1.807, 2.05) is 0 Å². The Balaban J connectivity index is 2.15. The van der Waals surface area contributed by atoms with Gasteiger partial charge in [-0.1, -0.05) is 20.3 Å². The minimum absolute atomic E-state index is 0.141. The molecule has 5 heteroatoms. The molecule has 0 radical (unpaired) electrons. The van der Waals surface area contributed by atoms with Gasteiger partial charge in [-0.15, -0.1) is 0 Å². The Labute approximate surface area is 114 Å². The molecule has 0 spiro atoms. The molecule has 0 heterocycles. The minimum Gasteiger partial charge on any atom is -0.481 e. The molecule has 19 heavy (non-hydrogen) atoms. The van der Waals surface area contributed by atoms with Crippen LogP contribution < -0.4 is 5.32 Å². The molecule has 0 aliphatic heterocycles. The van der Waals surface area contributed by atoms with Gasteiger partial charge in [0.1, 0.15) is 0 Å². The fourth-order valence-electron chi connectivity index (χ4n) is 2.37. The smallest absolute Gasteiger partial charge is 0.307 e. The van der Waals surface area contributed by atoms with Crippen molar-refractivity contribution in [1.29, 1.82) is 0 Å². The Kier molecular flexibility index (Phi) is 6.84. The van der Waals surface area contributed by atoms with E-state index in [-0.39, 0.29) is 11.8 Å². The van der Waals surface area contributed by atoms with Crippen molar-refractivity contribution in [3.63, 3.8) is 0 Å². The number of carbonyl (C=O) groups excluding carboxylic acids is 1. The zero-order chi connectivity index (χ0) is 14.3. The summed E-state index contributed by atoms with van der Waals surface area (Å²) in [6, 6.07) is 0. The second kappa shape index (κ2) is 8.15. The lowest BCUT2D eigenvalue weighted by Crippen LogP contribution is -2.36. The average Bonchev–Trinajstić information content (AvgIpc) is 2.82. The van der Waals surface area contributed by atoms with Crippen LogP contribution in [0.25, 0.3) is 0 Å². The number of rotatable bonds is 8. The van der Waals surface area contributed by atoms with Gasteiger partial charge in [0.25, 0.3) is 0 Å². The van der Waals surface area contributed by atoms with Crippen LogP contribution in [0, 0.1) is 17.8 Å². The second-order valence-electron chi connectivity index (χ2n) is 5.57. The van der Waals surface area contributed by atoms with Crippen molar-refractivity contribution in [2.24, 2.45) is 17.8 Å². The summed E-state index contributed by atoms with van der Waals surface area (Å²) < 4.78 is 5.40. The van der Waals surface area contributed by atoms with Crippen LogP contribution in [0.5, 0.6) is 0 Å². The third kappa shape index (κ3) is 5.59. The SMILES string of the molecule is CC(C)CCOCCNC(=O)[C@@H]1CCC[C@@H]1C(=O)O. The minimum atomic E-state index is -0.856. The van der Waals surface area contributed by atoms with Crippen molar-refractivity contribution in [2.45, 2.75) is 39.5 Å². The van der Waals surface area contributed by atoms with Crippen LogP contribution >= 0.6 is 0 Å². The molecule has 1 aliphatic carbocycles. The van der Waals surface area contributed by atoms with Crippen molar-refractivity contribution >= 4 is 11.9 Å². The number of carbonyl (C=O) groups is 2. The van der Waals surface area contributed by atoms with Gasteiger partial charge in [0.2, 0.25) is 5.91 Å². The van der Waals surface area contributed by atoms with Crippen molar-refractivity contribution in [1.82, 2.24) is 5.32 Å². The topological polar surface area (TPSA) is 75.6 Å². The second-order valence-corrected chi connectivity index (χ2v) is 5.57. The maximum Gasteiger partial charge on any atom is 0.307 e. The summed E-state index contributed by atoms with van der Waals surface area (Å²) in [6.45, 7) is 5.92. The van der Waals surface area contributed by atoms with E-state index < -0.39 is 11.9 Å². The number of carboxylic acid groups (broad SMARTS) is 1. The van der Waals surface area contributed by atoms with Gasteiger partial charge in [-0.2, -0.15) is 0 Å². The third-order valence-electron chi connectivity index (χ3n) is 3.56. The summed E-state index contributed by atoms with van der Waals surface area (Å²) in [6.07, 6.45) is 3.12. The van der Waals surface area contributed by atoms with Gasteiger partial charge in [-0.05, 0) is 25.2 Å². The quantitative estimate of drug-likeness (QED) is 0.658. The maximum absolute atomic E-state index is 11.9. The predicted octanol–water partition coefficient (Wildman–Crippen LogP) is 1.67. The van der Waals surface area contributed by atoms with E-state index in [4.69, 9.17) is 9.84 Å². The molecule has 2 N–H and O–H groups in total. The number of nitrogens with one attached hydrogen (secondary N) is 1. The van der Waals surface area contributed by atoms with Crippen LogP contribution in [0.3, 0.4) is 0 Å². The lowest BCUT2D eigenvalue weighted by Gasteiger charge is -2.15. The van der Waals surface area contributed by atoms with E-state index in [9.17, 15) is 9.59 Å². The number of aliphatic carboxylic acids is 1. The highest BCUT2D eigenvalue weighted by Gasteiger charge is 2.37. The fraction of sp³-hybridized carbons (Fsp3) is 0.857. The largest absolute Gasteiger partial charge is 0.481 e. The first-order valence-corrected chi connectivity index (χ1v) is 7.10. The van der Waals surface area contributed by atoms with Crippen LogP contribution in [-0.4, -0.2) is 36.7 Å². The van der Waals surface area contributed by atoms with Crippen molar-refractivity contribution < 1.29 is 19.4 Å². The molecule has 0 aromatic carbocycles. The molecule has 1 rings (SSSR count). The number of carboxylic acids is 1. The van der Waals surface area contributed by atoms with Gasteiger partial charge in [0.05, 0.1) is 18.4 Å². The molecule has 0 aromatic heterocycles. The van der Waals surface area contributed by atoms with E-state index in [2.05, 4.69) is 19.2 Å². The van der Waals surface area contributed by atoms with Gasteiger partial charge in [0, 0.05) is 13.2 Å². The molecule has 0 saturated heterocycles. The Bertz CT molecular complexity index is 304. The number of hydrogen-bond acceptors (Lipinski definition) is 3. The summed E-state index contributed by atoms with van der Waals surface area (Å²) in [5.74, 6) is -1.26. The fourth-order valence-corrected chi connectivity index (χ4v) is 2.37. The van der Waals surface area contributed by atoms with E-state index in [1.54, 1.807) is 0 Å². The summed E-state index contributed by atoms with van der Waals surface area (Å²) in [7, 11) is 0. The van der Waals surface area contributed by atoms with E-state index >= 15 is 0 Å². The highest BCUT2D eigenvalue weighted by molar-refractivity contribution is 5.85. The summed E-state index contributed by atoms with van der Waals surface area (Å²) in [5, 5.41) is 11.8. The summed E-state index contributed by atoms with van der Waals surface area (Å²) >= 11 is 0. The Hall–Kier alpha value is -1.10. The van der Waals surface area contributed by atoms with E-state index in [1.165, 1.54) is 0 Å². The third-order valence-corrected chi connectivity index (χ3v) is 3.56. The van der Waals surface area contributed by atoms with Crippen molar-refractivity contribution in [3.05, 3.63) is 0 Å². The normalized spacial score (nSPS) is 22.7. The van der Waals surface area contributed by atoms with Crippen LogP contribution in [-0.2, 0) is 14.3 Å². The zero-order valence-electron chi connectivity index (χ0n) is 11.9. The van der Waals surface area contributed by atoms with Gasteiger partial charge in [0.15, 0.2) is 0 Å². The molecular formula is C14H25NO4. The number of ether oxygens (including phenoxy) is 1. The Morgan fingerprint density at radius 2 is 1.95 bits per heavy atom. The number of hydrogen-bond donors (Lipinski definition) is 2. The molecular weight excluding hydrogens is 246 g/mol. The van der Waals surface area contributed by atoms with Gasteiger partial charge < -0.3 is 15.2 Å². The Morgan fingerprint density at radius 3 is 2.58 bits per heavy atom. The summed E-state index contributed by atoms with van der Waals surface area (Å²) in [5.41, 5.74) is 0. The van der Waals surface area contributed by atoms with Crippen LogP contribution in [0.4, 0.5) is 0 Å². The molecule has 1 aliphatic rings. The molecule has 0 bridgehead atoms. The first-order chi connectivity index (χ1) is 9.02. The lowest BCUT2D eigenvalue weighted by atomic mass is 9.95. The molecule has 0 aromatic rings. The van der Waals surface area contributed by atoms with Gasteiger partial charge in [-0.3, -0.25) is 9.59 Å². The van der Waals surface area contributed by atoms with Crippen LogP contribution in [0.1, 0.15) is 39.5 Å². The molecule has 1 saturated carbocycles. The standard InChI is InChI=1S/C14H25NO4/c1-10(2)6-8-19-9-7-15-13(16)11-4-3-5-12(11)14(17)18/h10-12H,3-9H2,1-2H3,(H,15,16)(H,17,18)/t11-,12+/m1/s1. The van der Waals surface area contributed by atoms with Crippen LogP contribution in [0.2, 0.25) is 0 Å². The van der Waals surface area contributed by atoms with E-state index in [0.717, 1.165) is 12.8 Å². The molecule has 2 atom stereocenters. The molecule has 110 valence electrons. The van der Waals surface area contributed by atoms with Gasteiger partial charge in [-0.25, -0.2) is 0 Å². The monoisotopic (exact) mass is 271 g/mol. The van der Waals surface area contributed by atoms with E-state index in [0.29, 0.717) is 38.5 Å². The molecule has 1 amide bonds. The van der Waals surface area contributed by atoms with Crippen LogP contribution in [0.15, 0.2) is 0 Å². The van der Waals surface area contributed by atoms with Gasteiger partial charge >= 0.3 is 5.97 Å². The van der Waals surface area contributed by atoms with Crippen molar-refractivity contribution in [3.8, 4) is 0 Å². The lowest BCUT2D eigenvalue weighted by molar-refractivity contribution is -0.146. The Morgan fingerprint density at radius 1 is 1.26 bits per heavy atom. The molecule has 1 fully saturated rings. The highest BCUT2D eigenvalue weighted by atomic mass is 16.5. The average molecular weight is 271 g/mol. The number of amides is 1. The zero-order valence-corrected chi connectivity index (χ0v) is 11.9. The molecule has 0 unspecified atom stereocenters. The summed E-state index contributed by atoms with van der Waals surface area (Å²) in [4.78, 5) is 22.9. The predicted molar refractivity (Wildman–Crippen MR) is 71.8 cm³/mol. The molecule has 5 nitrogen and oxygen atoms in total. The maximum atomic E-state index is 11.9. The first kappa shape index (κ1) is 16.0. The first-order valence-electron chi connectivity index (χ1n) is 7.10. The van der Waals surface area contributed by atoms with Crippen molar-refractivity contribution in [2.75, 3.05) is 19.8 Å².